The van der Waals surface area contributed by atoms with E-state index in [1.54, 1.807) is 24.3 Å². The monoisotopic (exact) mass is 277 g/mol. The second kappa shape index (κ2) is 7.17. The van der Waals surface area contributed by atoms with E-state index in [2.05, 4.69) is 5.32 Å². The lowest BCUT2D eigenvalue weighted by Crippen LogP contribution is -2.42. The van der Waals surface area contributed by atoms with Crippen LogP contribution in [0.15, 0.2) is 30.3 Å². The molecule has 0 saturated carbocycles. The molecule has 5 nitrogen and oxygen atoms in total. The molecule has 1 saturated heterocycles. The molecule has 0 aromatic heterocycles. The summed E-state index contributed by atoms with van der Waals surface area (Å²) in [5.41, 5.74) is 0.526. The number of carboxylic acids is 1. The largest absolute Gasteiger partial charge is 0.481 e. The SMILES string of the molecule is O=C(O)CC(NCC1CCCO1)C(=O)c1ccccc1. The van der Waals surface area contributed by atoms with Crippen LogP contribution in [-0.2, 0) is 9.53 Å². The van der Waals surface area contributed by atoms with Gasteiger partial charge in [0.2, 0.25) is 0 Å². The number of ether oxygens (including phenoxy) is 1. The first-order chi connectivity index (χ1) is 9.66. The van der Waals surface area contributed by atoms with E-state index >= 15 is 0 Å². The second-order valence-electron chi connectivity index (χ2n) is 4.92. The average Bonchev–Trinajstić information content (AvgIpc) is 2.96. The minimum atomic E-state index is -0.987. The first kappa shape index (κ1) is 14.7. The highest BCUT2D eigenvalue weighted by Crippen LogP contribution is 2.12. The standard InChI is InChI=1S/C15H19NO4/c17-14(18)9-13(16-10-12-7-4-8-20-12)15(19)11-5-2-1-3-6-11/h1-3,5-6,12-13,16H,4,7-10H2,(H,17,18). The molecule has 1 aromatic carbocycles. The molecule has 0 amide bonds. The van der Waals surface area contributed by atoms with Gasteiger partial charge in [0.25, 0.3) is 0 Å². The van der Waals surface area contributed by atoms with Crippen molar-refractivity contribution in [3.05, 3.63) is 35.9 Å². The predicted octanol–water partition coefficient (Wildman–Crippen LogP) is 1.48. The quantitative estimate of drug-likeness (QED) is 0.738. The van der Waals surface area contributed by atoms with Crippen molar-refractivity contribution in [3.63, 3.8) is 0 Å². The van der Waals surface area contributed by atoms with Crippen molar-refractivity contribution >= 4 is 11.8 Å². The van der Waals surface area contributed by atoms with E-state index in [1.165, 1.54) is 0 Å². The summed E-state index contributed by atoms with van der Waals surface area (Å²) in [6, 6.07) is 8.05. The maximum atomic E-state index is 12.3. The van der Waals surface area contributed by atoms with Gasteiger partial charge in [-0.3, -0.25) is 9.59 Å². The van der Waals surface area contributed by atoms with Crippen molar-refractivity contribution < 1.29 is 19.4 Å². The van der Waals surface area contributed by atoms with Gasteiger partial charge in [0.15, 0.2) is 5.78 Å². The fraction of sp³-hybridized carbons (Fsp3) is 0.467. The third-order valence-corrected chi connectivity index (χ3v) is 3.37. The van der Waals surface area contributed by atoms with Crippen LogP contribution in [0, 0.1) is 0 Å². The number of carbonyl (C=O) groups excluding carboxylic acids is 1. The third kappa shape index (κ3) is 4.15. The van der Waals surface area contributed by atoms with Crippen LogP contribution in [0.3, 0.4) is 0 Å². The molecule has 1 heterocycles. The van der Waals surface area contributed by atoms with Gasteiger partial charge in [0.1, 0.15) is 0 Å². The number of Topliss-reactive ketones (excluding diaryl/α,β-unsaturated/α-hetero) is 1. The fourth-order valence-corrected chi connectivity index (χ4v) is 2.31. The minimum Gasteiger partial charge on any atom is -0.481 e. The Morgan fingerprint density at radius 2 is 2.10 bits per heavy atom. The number of aliphatic carboxylic acids is 1. The van der Waals surface area contributed by atoms with Gasteiger partial charge in [-0.15, -0.1) is 0 Å². The molecule has 0 spiro atoms. The van der Waals surface area contributed by atoms with Gasteiger partial charge in [-0.05, 0) is 12.8 Å². The molecular weight excluding hydrogens is 258 g/mol. The smallest absolute Gasteiger partial charge is 0.305 e. The van der Waals surface area contributed by atoms with E-state index in [-0.39, 0.29) is 18.3 Å². The van der Waals surface area contributed by atoms with Crippen molar-refractivity contribution in [2.45, 2.75) is 31.4 Å². The van der Waals surface area contributed by atoms with Crippen LogP contribution in [0.1, 0.15) is 29.6 Å². The van der Waals surface area contributed by atoms with Crippen molar-refractivity contribution in [1.82, 2.24) is 5.32 Å². The van der Waals surface area contributed by atoms with Crippen molar-refractivity contribution in [2.75, 3.05) is 13.2 Å². The Labute approximate surface area is 117 Å². The summed E-state index contributed by atoms with van der Waals surface area (Å²) in [5, 5.41) is 12.0. The highest BCUT2D eigenvalue weighted by molar-refractivity contribution is 6.01. The first-order valence-electron chi connectivity index (χ1n) is 6.83. The molecule has 5 heteroatoms. The van der Waals surface area contributed by atoms with Crippen molar-refractivity contribution in [3.8, 4) is 0 Å². The van der Waals surface area contributed by atoms with E-state index < -0.39 is 12.0 Å². The molecule has 2 N–H and O–H groups in total. The Hall–Kier alpha value is -1.72. The number of carboxylic acid groups (broad SMARTS) is 1. The van der Waals surface area contributed by atoms with Crippen molar-refractivity contribution in [2.24, 2.45) is 0 Å². The first-order valence-corrected chi connectivity index (χ1v) is 6.83. The number of ketones is 1. The van der Waals surface area contributed by atoms with E-state index in [9.17, 15) is 9.59 Å². The van der Waals surface area contributed by atoms with Gasteiger partial charge in [-0.1, -0.05) is 30.3 Å². The van der Waals surface area contributed by atoms with Crippen molar-refractivity contribution in [1.29, 1.82) is 0 Å². The summed E-state index contributed by atoms with van der Waals surface area (Å²) in [5.74, 6) is -1.18. The molecule has 0 aliphatic carbocycles. The molecule has 0 radical (unpaired) electrons. The average molecular weight is 277 g/mol. The minimum absolute atomic E-state index is 0.0786. The normalized spacial score (nSPS) is 19.7. The van der Waals surface area contributed by atoms with Gasteiger partial charge in [-0.2, -0.15) is 0 Å². The van der Waals surface area contributed by atoms with Gasteiger partial charge in [0, 0.05) is 18.7 Å². The number of rotatable bonds is 7. The molecule has 2 rings (SSSR count). The molecule has 0 bridgehead atoms. The summed E-state index contributed by atoms with van der Waals surface area (Å²) in [7, 11) is 0. The van der Waals surface area contributed by atoms with E-state index in [0.717, 1.165) is 19.4 Å². The summed E-state index contributed by atoms with van der Waals surface area (Å²) in [4.78, 5) is 23.2. The Morgan fingerprint density at radius 3 is 2.70 bits per heavy atom. The van der Waals surface area contributed by atoms with E-state index in [0.29, 0.717) is 12.1 Å². The number of nitrogens with one attached hydrogen (secondary N) is 1. The molecule has 20 heavy (non-hydrogen) atoms. The lowest BCUT2D eigenvalue weighted by Gasteiger charge is -2.18. The van der Waals surface area contributed by atoms with Crippen LogP contribution in [0.4, 0.5) is 0 Å². The van der Waals surface area contributed by atoms with Gasteiger partial charge >= 0.3 is 5.97 Å². The van der Waals surface area contributed by atoms with Crippen LogP contribution in [0.2, 0.25) is 0 Å². The molecule has 1 fully saturated rings. The maximum Gasteiger partial charge on any atom is 0.305 e. The zero-order chi connectivity index (χ0) is 14.4. The van der Waals surface area contributed by atoms with Crippen LogP contribution in [0.5, 0.6) is 0 Å². The molecular formula is C15H19NO4. The van der Waals surface area contributed by atoms with Crippen LogP contribution in [0.25, 0.3) is 0 Å². The number of benzene rings is 1. The molecule has 2 unspecified atom stereocenters. The zero-order valence-corrected chi connectivity index (χ0v) is 11.2. The highest BCUT2D eigenvalue weighted by Gasteiger charge is 2.24. The molecule has 1 aliphatic rings. The topological polar surface area (TPSA) is 75.6 Å². The van der Waals surface area contributed by atoms with E-state index in [4.69, 9.17) is 9.84 Å². The fourth-order valence-electron chi connectivity index (χ4n) is 2.31. The van der Waals surface area contributed by atoms with Gasteiger partial charge in [0.05, 0.1) is 18.6 Å². The zero-order valence-electron chi connectivity index (χ0n) is 11.2. The number of hydrogen-bond donors (Lipinski definition) is 2. The van der Waals surface area contributed by atoms with Crippen LogP contribution in [-0.4, -0.2) is 42.2 Å². The lowest BCUT2D eigenvalue weighted by molar-refractivity contribution is -0.137. The van der Waals surface area contributed by atoms with Crippen LogP contribution >= 0.6 is 0 Å². The Balaban J connectivity index is 1.98. The highest BCUT2D eigenvalue weighted by atomic mass is 16.5. The molecule has 1 aliphatic heterocycles. The number of hydrogen-bond acceptors (Lipinski definition) is 4. The summed E-state index contributed by atoms with van der Waals surface area (Å²) >= 11 is 0. The Morgan fingerprint density at radius 1 is 1.35 bits per heavy atom. The molecule has 2 atom stereocenters. The third-order valence-electron chi connectivity index (χ3n) is 3.37. The number of carbonyl (C=O) groups is 2. The maximum absolute atomic E-state index is 12.3. The summed E-state index contributed by atoms with van der Waals surface area (Å²) < 4.78 is 5.47. The molecule has 1 aromatic rings. The summed E-state index contributed by atoms with van der Waals surface area (Å²) in [6.07, 6.45) is 1.82. The summed E-state index contributed by atoms with van der Waals surface area (Å²) in [6.45, 7) is 1.25. The Bertz CT molecular complexity index is 454. The predicted molar refractivity (Wildman–Crippen MR) is 73.8 cm³/mol. The van der Waals surface area contributed by atoms with E-state index in [1.807, 2.05) is 6.07 Å². The van der Waals surface area contributed by atoms with Crippen LogP contribution < -0.4 is 5.32 Å². The van der Waals surface area contributed by atoms with Gasteiger partial charge in [-0.25, -0.2) is 0 Å². The Kier molecular flexibility index (Phi) is 5.26. The molecule has 108 valence electrons. The second-order valence-corrected chi connectivity index (χ2v) is 4.92. The lowest BCUT2D eigenvalue weighted by atomic mass is 10.0. The van der Waals surface area contributed by atoms with Gasteiger partial charge < -0.3 is 15.2 Å².